The van der Waals surface area contributed by atoms with Gasteiger partial charge >= 0.3 is 0 Å². The third-order valence-corrected chi connectivity index (χ3v) is 4.56. The number of ether oxygens (including phenoxy) is 1. The monoisotopic (exact) mass is 384 g/mol. The Kier molecular flexibility index (Phi) is 5.88. The van der Waals surface area contributed by atoms with Crippen LogP contribution in [0.15, 0.2) is 42.5 Å². The van der Waals surface area contributed by atoms with Gasteiger partial charge in [0, 0.05) is 17.8 Å². The lowest BCUT2D eigenvalue weighted by Gasteiger charge is -2.13. The summed E-state index contributed by atoms with van der Waals surface area (Å²) in [5, 5.41) is 11.9. The van der Waals surface area contributed by atoms with Gasteiger partial charge in [-0.1, -0.05) is 41.9 Å². The summed E-state index contributed by atoms with van der Waals surface area (Å²) in [7, 11) is 1.57. The first-order chi connectivity index (χ1) is 13.0. The molecular formula is C20H21ClN4O2. The molecule has 0 unspecified atom stereocenters. The molecule has 0 radical (unpaired) electrons. The van der Waals surface area contributed by atoms with Crippen LogP contribution < -0.4 is 5.32 Å². The number of carbonyl (C=O) groups excluding carboxylic acids is 1. The molecule has 7 heteroatoms. The summed E-state index contributed by atoms with van der Waals surface area (Å²) in [6.45, 7) is 4.22. The summed E-state index contributed by atoms with van der Waals surface area (Å²) in [5.74, 6) is -0.314. The van der Waals surface area contributed by atoms with E-state index in [1.165, 1.54) is 0 Å². The Morgan fingerprint density at radius 2 is 1.96 bits per heavy atom. The van der Waals surface area contributed by atoms with Crippen molar-refractivity contribution in [2.75, 3.05) is 12.4 Å². The molecule has 3 rings (SSSR count). The summed E-state index contributed by atoms with van der Waals surface area (Å²) in [4.78, 5) is 12.9. The lowest BCUT2D eigenvalue weighted by molar-refractivity contribution is 0.101. The standard InChI is InChI=1S/C20H21ClN4O2/c1-4-14-7-5-6-13(2)18(14)22-20(26)19-17(12-27-3)25(24-23-19)16-10-8-15(21)9-11-16/h5-11H,4,12H2,1-3H3,(H,22,26). The number of rotatable bonds is 6. The number of nitrogens with one attached hydrogen (secondary N) is 1. The number of para-hydroxylation sites is 1. The summed E-state index contributed by atoms with van der Waals surface area (Å²) >= 11 is 5.96. The summed E-state index contributed by atoms with van der Waals surface area (Å²) in [6, 6.07) is 13.1. The van der Waals surface area contributed by atoms with E-state index in [1.807, 2.05) is 37.3 Å². The molecule has 1 amide bonds. The predicted octanol–water partition coefficient (Wildman–Crippen LogP) is 4.19. The molecule has 0 fully saturated rings. The van der Waals surface area contributed by atoms with E-state index in [-0.39, 0.29) is 18.2 Å². The van der Waals surface area contributed by atoms with E-state index in [9.17, 15) is 4.79 Å². The van der Waals surface area contributed by atoms with E-state index in [0.29, 0.717) is 10.7 Å². The van der Waals surface area contributed by atoms with Gasteiger partial charge in [-0.25, -0.2) is 4.68 Å². The van der Waals surface area contributed by atoms with E-state index in [4.69, 9.17) is 16.3 Å². The molecule has 0 aliphatic rings. The average molecular weight is 385 g/mol. The van der Waals surface area contributed by atoms with Crippen molar-refractivity contribution in [3.63, 3.8) is 0 Å². The highest BCUT2D eigenvalue weighted by atomic mass is 35.5. The van der Waals surface area contributed by atoms with Gasteiger partial charge in [-0.2, -0.15) is 0 Å². The van der Waals surface area contributed by atoms with Crippen molar-refractivity contribution >= 4 is 23.2 Å². The molecule has 0 aliphatic carbocycles. The molecule has 0 atom stereocenters. The van der Waals surface area contributed by atoms with Crippen molar-refractivity contribution in [1.29, 1.82) is 0 Å². The van der Waals surface area contributed by atoms with E-state index in [2.05, 4.69) is 22.6 Å². The minimum absolute atomic E-state index is 0.201. The highest BCUT2D eigenvalue weighted by Gasteiger charge is 2.22. The lowest BCUT2D eigenvalue weighted by Crippen LogP contribution is -2.17. The van der Waals surface area contributed by atoms with Gasteiger partial charge < -0.3 is 10.1 Å². The molecule has 0 saturated carbocycles. The second kappa shape index (κ2) is 8.33. The first kappa shape index (κ1) is 19.1. The maximum Gasteiger partial charge on any atom is 0.278 e. The first-order valence-electron chi connectivity index (χ1n) is 8.64. The van der Waals surface area contributed by atoms with Crippen molar-refractivity contribution in [3.05, 3.63) is 70.0 Å². The second-order valence-corrected chi connectivity index (χ2v) is 6.56. The van der Waals surface area contributed by atoms with Gasteiger partial charge in [0.05, 0.1) is 12.3 Å². The van der Waals surface area contributed by atoms with Gasteiger partial charge in [-0.3, -0.25) is 4.79 Å². The van der Waals surface area contributed by atoms with E-state index >= 15 is 0 Å². The van der Waals surface area contributed by atoms with E-state index in [1.54, 1.807) is 23.9 Å². The topological polar surface area (TPSA) is 69.0 Å². The Morgan fingerprint density at radius 3 is 2.63 bits per heavy atom. The zero-order chi connectivity index (χ0) is 19.4. The smallest absolute Gasteiger partial charge is 0.278 e. The quantitative estimate of drug-likeness (QED) is 0.691. The predicted molar refractivity (Wildman–Crippen MR) is 106 cm³/mol. The Balaban J connectivity index is 1.97. The number of nitrogens with zero attached hydrogens (tertiary/aromatic N) is 3. The van der Waals surface area contributed by atoms with E-state index in [0.717, 1.165) is 28.9 Å². The van der Waals surface area contributed by atoms with Gasteiger partial charge in [0.1, 0.15) is 5.69 Å². The number of benzene rings is 2. The third-order valence-electron chi connectivity index (χ3n) is 4.31. The number of methoxy groups -OCH3 is 1. The van der Waals surface area contributed by atoms with Crippen LogP contribution in [0.1, 0.15) is 34.2 Å². The minimum atomic E-state index is -0.314. The van der Waals surface area contributed by atoms with Crippen LogP contribution in [0, 0.1) is 6.92 Å². The first-order valence-corrected chi connectivity index (χ1v) is 9.02. The molecule has 3 aromatic rings. The van der Waals surface area contributed by atoms with Gasteiger partial charge in [-0.05, 0) is 48.7 Å². The van der Waals surface area contributed by atoms with E-state index < -0.39 is 0 Å². The highest BCUT2D eigenvalue weighted by Crippen LogP contribution is 2.23. The molecule has 6 nitrogen and oxygen atoms in total. The molecule has 0 aliphatic heterocycles. The summed E-state index contributed by atoms with van der Waals surface area (Å²) in [6.07, 6.45) is 0.819. The molecular weight excluding hydrogens is 364 g/mol. The fourth-order valence-electron chi connectivity index (χ4n) is 2.91. The Bertz CT molecular complexity index is 951. The van der Waals surface area contributed by atoms with Crippen LogP contribution >= 0.6 is 11.6 Å². The number of amides is 1. The molecule has 140 valence electrons. The maximum atomic E-state index is 12.9. The number of hydrogen-bond acceptors (Lipinski definition) is 4. The second-order valence-electron chi connectivity index (χ2n) is 6.12. The Hall–Kier alpha value is -2.70. The van der Waals surface area contributed by atoms with Crippen LogP contribution in [-0.4, -0.2) is 28.0 Å². The maximum absolute atomic E-state index is 12.9. The van der Waals surface area contributed by atoms with Crippen LogP contribution in [0.4, 0.5) is 5.69 Å². The van der Waals surface area contributed by atoms with Crippen molar-refractivity contribution in [1.82, 2.24) is 15.0 Å². The molecule has 1 heterocycles. The number of carbonyl (C=O) groups is 1. The van der Waals surface area contributed by atoms with Crippen LogP contribution in [0.5, 0.6) is 0 Å². The lowest BCUT2D eigenvalue weighted by atomic mass is 10.1. The molecule has 1 aromatic heterocycles. The van der Waals surface area contributed by atoms with Crippen molar-refractivity contribution < 1.29 is 9.53 Å². The molecule has 27 heavy (non-hydrogen) atoms. The van der Waals surface area contributed by atoms with Crippen molar-refractivity contribution in [3.8, 4) is 5.69 Å². The Morgan fingerprint density at radius 1 is 1.22 bits per heavy atom. The zero-order valence-corrected chi connectivity index (χ0v) is 16.2. The molecule has 2 aromatic carbocycles. The summed E-state index contributed by atoms with van der Waals surface area (Å²) < 4.78 is 6.87. The highest BCUT2D eigenvalue weighted by molar-refractivity contribution is 6.30. The van der Waals surface area contributed by atoms with Gasteiger partial charge in [0.2, 0.25) is 0 Å². The fraction of sp³-hybridized carbons (Fsp3) is 0.250. The molecule has 0 bridgehead atoms. The number of halogens is 1. The number of hydrogen-bond donors (Lipinski definition) is 1. The largest absolute Gasteiger partial charge is 0.378 e. The summed E-state index contributed by atoms with van der Waals surface area (Å²) in [5.41, 5.74) is 4.45. The van der Waals surface area contributed by atoms with Gasteiger partial charge in [-0.15, -0.1) is 5.10 Å². The Labute approximate surface area is 163 Å². The SMILES string of the molecule is CCc1cccc(C)c1NC(=O)c1nnn(-c2ccc(Cl)cc2)c1COC. The molecule has 0 saturated heterocycles. The normalized spacial score (nSPS) is 10.8. The average Bonchev–Trinajstić information content (AvgIpc) is 3.08. The van der Waals surface area contributed by atoms with Crippen LogP contribution in [0.25, 0.3) is 5.69 Å². The fourth-order valence-corrected chi connectivity index (χ4v) is 3.03. The number of anilines is 1. The van der Waals surface area contributed by atoms with Crippen LogP contribution in [0.2, 0.25) is 5.02 Å². The van der Waals surface area contributed by atoms with Crippen molar-refractivity contribution in [2.24, 2.45) is 0 Å². The minimum Gasteiger partial charge on any atom is -0.378 e. The van der Waals surface area contributed by atoms with Gasteiger partial charge in [0.25, 0.3) is 5.91 Å². The van der Waals surface area contributed by atoms with Crippen LogP contribution in [0.3, 0.4) is 0 Å². The molecule has 0 spiro atoms. The number of aromatic nitrogens is 3. The van der Waals surface area contributed by atoms with Gasteiger partial charge in [0.15, 0.2) is 5.69 Å². The zero-order valence-electron chi connectivity index (χ0n) is 15.5. The van der Waals surface area contributed by atoms with Crippen molar-refractivity contribution in [2.45, 2.75) is 26.9 Å². The van der Waals surface area contributed by atoms with Crippen LogP contribution in [-0.2, 0) is 17.8 Å². The number of aryl methyl sites for hydroxylation is 2. The third kappa shape index (κ3) is 4.02. The molecule has 1 N–H and O–H groups in total.